The number of fused-ring (bicyclic) bond motifs is 1. The Balaban J connectivity index is 1.89. The lowest BCUT2D eigenvalue weighted by atomic mass is 10.2. The van der Waals surface area contributed by atoms with E-state index < -0.39 is 11.9 Å². The van der Waals surface area contributed by atoms with Crippen LogP contribution in [0.1, 0.15) is 11.3 Å². The van der Waals surface area contributed by atoms with Crippen molar-refractivity contribution < 1.29 is 17.9 Å². The molecule has 0 N–H and O–H groups in total. The molecular formula is C17H11BrF3NO. The fourth-order valence-electron chi connectivity index (χ4n) is 2.14. The van der Waals surface area contributed by atoms with E-state index in [1.165, 1.54) is 6.07 Å². The number of ether oxygens (including phenoxy) is 1. The van der Waals surface area contributed by atoms with Gasteiger partial charge in [0.1, 0.15) is 18.1 Å². The van der Waals surface area contributed by atoms with Gasteiger partial charge in [-0.15, -0.1) is 0 Å². The molecule has 0 unspecified atom stereocenters. The van der Waals surface area contributed by atoms with Crippen molar-refractivity contribution in [1.82, 2.24) is 4.98 Å². The Morgan fingerprint density at radius 2 is 1.74 bits per heavy atom. The summed E-state index contributed by atoms with van der Waals surface area (Å²) in [6.07, 6.45) is -4.47. The van der Waals surface area contributed by atoms with E-state index in [1.54, 1.807) is 12.1 Å². The smallest absolute Gasteiger partial charge is 0.433 e. The summed E-state index contributed by atoms with van der Waals surface area (Å²) in [5.41, 5.74) is 0.353. The molecule has 1 heterocycles. The third-order valence-electron chi connectivity index (χ3n) is 3.27. The minimum absolute atomic E-state index is 0.263. The molecule has 0 radical (unpaired) electrons. The van der Waals surface area contributed by atoms with Gasteiger partial charge in [-0.1, -0.05) is 46.3 Å². The number of aromatic nitrogens is 1. The average molecular weight is 382 g/mol. The summed E-state index contributed by atoms with van der Waals surface area (Å²) >= 11 is 3.17. The molecule has 0 atom stereocenters. The molecular weight excluding hydrogens is 371 g/mol. The second-order valence-electron chi connectivity index (χ2n) is 4.94. The molecule has 3 aromatic rings. The first-order valence-electron chi connectivity index (χ1n) is 6.78. The van der Waals surface area contributed by atoms with Crippen LogP contribution in [0, 0.1) is 0 Å². The first-order chi connectivity index (χ1) is 10.9. The van der Waals surface area contributed by atoms with E-state index in [9.17, 15) is 13.2 Å². The predicted octanol–water partition coefficient (Wildman–Crippen LogP) is 5.60. The second kappa shape index (κ2) is 6.20. The van der Waals surface area contributed by atoms with Crippen LogP contribution in [0.15, 0.2) is 59.1 Å². The fraction of sp³-hybridized carbons (Fsp3) is 0.118. The lowest BCUT2D eigenvalue weighted by molar-refractivity contribution is -0.141. The van der Waals surface area contributed by atoms with Crippen molar-refractivity contribution in [3.8, 4) is 5.75 Å². The Labute approximate surface area is 139 Å². The van der Waals surface area contributed by atoms with Gasteiger partial charge in [-0.2, -0.15) is 13.2 Å². The molecule has 23 heavy (non-hydrogen) atoms. The molecule has 118 valence electrons. The standard InChI is InChI=1S/C17H11BrF3NO/c18-14-9-16(17(19,20)21)22-15-7-6-12(8-13(14)15)23-10-11-4-2-1-3-5-11/h1-9H,10H2. The van der Waals surface area contributed by atoms with Crippen molar-refractivity contribution in [2.45, 2.75) is 12.8 Å². The van der Waals surface area contributed by atoms with Crippen LogP contribution in [-0.2, 0) is 12.8 Å². The van der Waals surface area contributed by atoms with Crippen LogP contribution in [0.5, 0.6) is 5.75 Å². The second-order valence-corrected chi connectivity index (χ2v) is 5.79. The van der Waals surface area contributed by atoms with E-state index in [2.05, 4.69) is 20.9 Å². The largest absolute Gasteiger partial charge is 0.489 e. The highest BCUT2D eigenvalue weighted by molar-refractivity contribution is 9.10. The van der Waals surface area contributed by atoms with E-state index in [0.717, 1.165) is 11.6 Å². The van der Waals surface area contributed by atoms with Crippen molar-refractivity contribution in [1.29, 1.82) is 0 Å². The van der Waals surface area contributed by atoms with Crippen LogP contribution in [-0.4, -0.2) is 4.98 Å². The van der Waals surface area contributed by atoms with E-state index in [4.69, 9.17) is 4.74 Å². The Kier molecular flexibility index (Phi) is 4.26. The summed E-state index contributed by atoms with van der Waals surface area (Å²) < 4.78 is 44.3. The number of hydrogen-bond donors (Lipinski definition) is 0. The maximum absolute atomic E-state index is 12.8. The molecule has 0 saturated carbocycles. The van der Waals surface area contributed by atoms with E-state index in [1.807, 2.05) is 30.3 Å². The topological polar surface area (TPSA) is 22.1 Å². The minimum atomic E-state index is -4.47. The average Bonchev–Trinajstić information content (AvgIpc) is 2.53. The third kappa shape index (κ3) is 3.64. The molecule has 0 bridgehead atoms. The summed E-state index contributed by atoms with van der Waals surface area (Å²) in [5, 5.41) is 0.573. The highest BCUT2D eigenvalue weighted by atomic mass is 79.9. The molecule has 2 aromatic carbocycles. The molecule has 0 aliphatic rings. The zero-order valence-electron chi connectivity index (χ0n) is 11.8. The van der Waals surface area contributed by atoms with Gasteiger partial charge in [0.25, 0.3) is 0 Å². The molecule has 0 amide bonds. The van der Waals surface area contributed by atoms with E-state index in [0.29, 0.717) is 22.2 Å². The van der Waals surface area contributed by atoms with Crippen LogP contribution in [0.4, 0.5) is 13.2 Å². The van der Waals surface area contributed by atoms with Crippen LogP contribution in [0.25, 0.3) is 10.9 Å². The molecule has 6 heteroatoms. The van der Waals surface area contributed by atoms with Crippen LogP contribution in [0.3, 0.4) is 0 Å². The van der Waals surface area contributed by atoms with Crippen molar-refractivity contribution in [2.75, 3.05) is 0 Å². The summed E-state index contributed by atoms with van der Waals surface area (Å²) in [7, 11) is 0. The number of nitrogens with zero attached hydrogens (tertiary/aromatic N) is 1. The molecule has 1 aromatic heterocycles. The Morgan fingerprint density at radius 3 is 2.43 bits per heavy atom. The monoisotopic (exact) mass is 381 g/mol. The van der Waals surface area contributed by atoms with Gasteiger partial charge in [-0.05, 0) is 29.8 Å². The SMILES string of the molecule is FC(F)(F)c1cc(Br)c2cc(OCc3ccccc3)ccc2n1. The first-order valence-corrected chi connectivity index (χ1v) is 7.57. The predicted molar refractivity (Wildman–Crippen MR) is 85.2 cm³/mol. The number of halogens is 4. The van der Waals surface area contributed by atoms with Gasteiger partial charge in [-0.25, -0.2) is 4.98 Å². The summed E-state index contributed by atoms with van der Waals surface area (Å²) in [6, 6.07) is 15.4. The molecule has 0 aliphatic heterocycles. The molecule has 0 aliphatic carbocycles. The van der Waals surface area contributed by atoms with Crippen molar-refractivity contribution >= 4 is 26.8 Å². The summed E-state index contributed by atoms with van der Waals surface area (Å²) in [6.45, 7) is 0.387. The Morgan fingerprint density at radius 1 is 1.00 bits per heavy atom. The third-order valence-corrected chi connectivity index (χ3v) is 3.92. The van der Waals surface area contributed by atoms with Crippen molar-refractivity contribution in [2.24, 2.45) is 0 Å². The highest BCUT2D eigenvalue weighted by Crippen LogP contribution is 2.34. The van der Waals surface area contributed by atoms with Crippen molar-refractivity contribution in [3.05, 3.63) is 70.3 Å². The lowest BCUT2D eigenvalue weighted by Gasteiger charge is -2.11. The van der Waals surface area contributed by atoms with Gasteiger partial charge in [0.05, 0.1) is 5.52 Å². The van der Waals surface area contributed by atoms with Gasteiger partial charge < -0.3 is 4.74 Å². The highest BCUT2D eigenvalue weighted by Gasteiger charge is 2.33. The summed E-state index contributed by atoms with van der Waals surface area (Å²) in [5.74, 6) is 0.573. The van der Waals surface area contributed by atoms with Gasteiger partial charge in [0.2, 0.25) is 0 Å². The van der Waals surface area contributed by atoms with Gasteiger partial charge in [0.15, 0.2) is 0 Å². The number of hydrogen-bond acceptors (Lipinski definition) is 2. The van der Waals surface area contributed by atoms with Crippen molar-refractivity contribution in [3.63, 3.8) is 0 Å². The van der Waals surface area contributed by atoms with Gasteiger partial charge in [-0.3, -0.25) is 0 Å². The zero-order valence-corrected chi connectivity index (χ0v) is 13.4. The Hall–Kier alpha value is -2.08. The quantitative estimate of drug-likeness (QED) is 0.589. The molecule has 0 spiro atoms. The lowest BCUT2D eigenvalue weighted by Crippen LogP contribution is -2.08. The molecule has 0 saturated heterocycles. The maximum atomic E-state index is 12.8. The van der Waals surface area contributed by atoms with Gasteiger partial charge >= 0.3 is 6.18 Å². The van der Waals surface area contributed by atoms with Gasteiger partial charge in [0, 0.05) is 9.86 Å². The van der Waals surface area contributed by atoms with E-state index in [-0.39, 0.29) is 5.52 Å². The number of alkyl halides is 3. The van der Waals surface area contributed by atoms with E-state index >= 15 is 0 Å². The molecule has 0 fully saturated rings. The molecule has 3 rings (SSSR count). The normalized spacial score (nSPS) is 11.7. The van der Waals surface area contributed by atoms with Crippen LogP contribution >= 0.6 is 15.9 Å². The number of rotatable bonds is 3. The number of pyridine rings is 1. The Bertz CT molecular complexity index is 834. The molecule has 2 nitrogen and oxygen atoms in total. The zero-order chi connectivity index (χ0) is 16.4. The number of benzene rings is 2. The maximum Gasteiger partial charge on any atom is 0.433 e. The fourth-order valence-corrected chi connectivity index (χ4v) is 2.67. The summed E-state index contributed by atoms with van der Waals surface area (Å²) in [4.78, 5) is 3.66. The van der Waals surface area contributed by atoms with Crippen LogP contribution in [0.2, 0.25) is 0 Å². The van der Waals surface area contributed by atoms with Crippen LogP contribution < -0.4 is 4.74 Å². The minimum Gasteiger partial charge on any atom is -0.489 e. The first kappa shape index (κ1) is 15.8.